The van der Waals surface area contributed by atoms with Crippen LogP contribution in [0.15, 0.2) is 42.7 Å². The smallest absolute Gasteiger partial charge is 0.294 e. The van der Waals surface area contributed by atoms with Crippen molar-refractivity contribution >= 4 is 45.5 Å². The SMILES string of the molecule is COc1cc(N(C)CCN(C)C)c([N+](=O)[O-])cc1Nc1ncc(Cl)c(-c2cn3c4c(cccc24)OCC3)n1. The van der Waals surface area contributed by atoms with Crippen LogP contribution in [0.1, 0.15) is 0 Å². The van der Waals surface area contributed by atoms with Crippen molar-refractivity contribution < 1.29 is 14.4 Å². The van der Waals surface area contributed by atoms with Crippen LogP contribution in [-0.4, -0.2) is 72.3 Å². The molecular formula is C26H28ClN7O4. The number of ether oxygens (including phenoxy) is 2. The molecule has 0 aliphatic carbocycles. The van der Waals surface area contributed by atoms with Gasteiger partial charge in [0.25, 0.3) is 5.69 Å². The lowest BCUT2D eigenvalue weighted by atomic mass is 10.1. The maximum Gasteiger partial charge on any atom is 0.294 e. The zero-order chi connectivity index (χ0) is 27.0. The summed E-state index contributed by atoms with van der Waals surface area (Å²) < 4.78 is 13.5. The van der Waals surface area contributed by atoms with Gasteiger partial charge in [-0.05, 0) is 20.2 Å². The topological polar surface area (TPSA) is 111 Å². The molecule has 0 amide bonds. The predicted molar refractivity (Wildman–Crippen MR) is 148 cm³/mol. The van der Waals surface area contributed by atoms with Gasteiger partial charge in [0.05, 0.1) is 46.7 Å². The molecule has 4 aromatic rings. The first-order valence-electron chi connectivity index (χ1n) is 12.0. The number of benzene rings is 2. The molecule has 0 fully saturated rings. The molecule has 3 heterocycles. The Balaban J connectivity index is 1.53. The van der Waals surface area contributed by atoms with Crippen molar-refractivity contribution in [1.29, 1.82) is 0 Å². The number of nitrogens with one attached hydrogen (secondary N) is 1. The molecule has 2 aromatic carbocycles. The molecule has 0 bridgehead atoms. The fraction of sp³-hybridized carbons (Fsp3) is 0.308. The third-order valence-electron chi connectivity index (χ3n) is 6.48. The van der Waals surface area contributed by atoms with Gasteiger partial charge in [-0.15, -0.1) is 0 Å². The Kier molecular flexibility index (Phi) is 6.96. The second kappa shape index (κ2) is 10.3. The van der Waals surface area contributed by atoms with E-state index in [1.165, 1.54) is 19.4 Å². The molecule has 1 aliphatic rings. The van der Waals surface area contributed by atoms with E-state index in [4.69, 9.17) is 26.1 Å². The molecule has 0 atom stereocenters. The van der Waals surface area contributed by atoms with Crippen molar-refractivity contribution in [2.24, 2.45) is 0 Å². The van der Waals surface area contributed by atoms with Gasteiger partial charge in [0, 0.05) is 49.4 Å². The number of nitrogens with zero attached hydrogens (tertiary/aromatic N) is 6. The monoisotopic (exact) mass is 537 g/mol. The Bertz CT molecular complexity index is 1520. The standard InChI is InChI=1S/C26H28ClN7O4/c1-31(2)8-9-32(3)20-13-23(37-4)19(12-21(20)34(35)36)29-26-28-14-18(27)24(30-26)17-15-33-10-11-38-22-7-5-6-16(17)25(22)33/h5-7,12-15H,8-11H2,1-4H3,(H,28,29,30). The third-order valence-corrected chi connectivity index (χ3v) is 6.76. The molecule has 0 spiro atoms. The predicted octanol–water partition coefficient (Wildman–Crippen LogP) is 4.80. The first-order chi connectivity index (χ1) is 18.3. The van der Waals surface area contributed by atoms with E-state index >= 15 is 0 Å². The molecule has 11 nitrogen and oxygen atoms in total. The highest BCUT2D eigenvalue weighted by Crippen LogP contribution is 2.41. The number of hydrogen-bond donors (Lipinski definition) is 1. The number of nitro benzene ring substituents is 1. The van der Waals surface area contributed by atoms with E-state index in [0.29, 0.717) is 41.0 Å². The number of nitro groups is 1. The van der Waals surface area contributed by atoms with Crippen molar-refractivity contribution in [2.45, 2.75) is 6.54 Å². The molecular weight excluding hydrogens is 510 g/mol. The van der Waals surface area contributed by atoms with Crippen LogP contribution in [0.2, 0.25) is 5.02 Å². The first kappa shape index (κ1) is 25.6. The molecule has 1 N–H and O–H groups in total. The number of para-hydroxylation sites is 1. The number of aromatic nitrogens is 3. The summed E-state index contributed by atoms with van der Waals surface area (Å²) in [6.45, 7) is 2.65. The molecule has 198 valence electrons. The summed E-state index contributed by atoms with van der Waals surface area (Å²) in [6.07, 6.45) is 3.53. The number of anilines is 3. The number of hydrogen-bond acceptors (Lipinski definition) is 9. The summed E-state index contributed by atoms with van der Waals surface area (Å²) in [7, 11) is 7.24. The van der Waals surface area contributed by atoms with Crippen LogP contribution < -0.4 is 19.7 Å². The Morgan fingerprint density at radius 3 is 2.82 bits per heavy atom. The van der Waals surface area contributed by atoms with Crippen molar-refractivity contribution in [3.05, 3.63) is 57.9 Å². The molecule has 0 radical (unpaired) electrons. The number of likely N-dealkylation sites (N-methyl/N-ethyl adjacent to an activating group) is 2. The molecule has 1 aliphatic heterocycles. The van der Waals surface area contributed by atoms with Crippen molar-refractivity contribution in [2.75, 3.05) is 58.2 Å². The second-order valence-corrected chi connectivity index (χ2v) is 9.68. The summed E-state index contributed by atoms with van der Waals surface area (Å²) >= 11 is 6.56. The lowest BCUT2D eigenvalue weighted by molar-refractivity contribution is -0.384. The van der Waals surface area contributed by atoms with Gasteiger partial charge in [-0.1, -0.05) is 23.7 Å². The van der Waals surface area contributed by atoms with Gasteiger partial charge < -0.3 is 29.2 Å². The fourth-order valence-electron chi connectivity index (χ4n) is 4.54. The van der Waals surface area contributed by atoms with E-state index in [0.717, 1.165) is 35.3 Å². The van der Waals surface area contributed by atoms with Crippen LogP contribution >= 0.6 is 11.6 Å². The number of methoxy groups -OCH3 is 1. The zero-order valence-corrected chi connectivity index (χ0v) is 22.3. The van der Waals surface area contributed by atoms with Gasteiger partial charge >= 0.3 is 0 Å². The maximum atomic E-state index is 12.0. The normalized spacial score (nSPS) is 12.5. The van der Waals surface area contributed by atoms with Gasteiger partial charge in [0.2, 0.25) is 5.95 Å². The second-order valence-electron chi connectivity index (χ2n) is 9.28. The fourth-order valence-corrected chi connectivity index (χ4v) is 4.74. The summed E-state index contributed by atoms with van der Waals surface area (Å²) in [5.41, 5.74) is 3.14. The molecule has 12 heteroatoms. The molecule has 38 heavy (non-hydrogen) atoms. The van der Waals surface area contributed by atoms with E-state index in [1.54, 1.807) is 6.07 Å². The lowest BCUT2D eigenvalue weighted by Gasteiger charge is -2.22. The summed E-state index contributed by atoms with van der Waals surface area (Å²) in [5, 5.41) is 16.4. The minimum Gasteiger partial charge on any atom is -0.494 e. The summed E-state index contributed by atoms with van der Waals surface area (Å²) in [4.78, 5) is 24.4. The molecule has 0 saturated carbocycles. The molecule has 0 saturated heterocycles. The van der Waals surface area contributed by atoms with Crippen LogP contribution in [0, 0.1) is 10.1 Å². The third kappa shape index (κ3) is 4.77. The minimum atomic E-state index is -0.407. The van der Waals surface area contributed by atoms with Crippen LogP contribution in [0.4, 0.5) is 23.0 Å². The number of rotatable bonds is 9. The average Bonchev–Trinajstić information content (AvgIpc) is 3.28. The van der Waals surface area contributed by atoms with E-state index in [1.807, 2.05) is 55.3 Å². The van der Waals surface area contributed by atoms with Crippen molar-refractivity contribution in [3.63, 3.8) is 0 Å². The molecule has 5 rings (SSSR count). The van der Waals surface area contributed by atoms with Crippen LogP contribution in [0.3, 0.4) is 0 Å². The van der Waals surface area contributed by atoms with E-state index in [-0.39, 0.29) is 11.6 Å². The van der Waals surface area contributed by atoms with Gasteiger partial charge in [-0.3, -0.25) is 10.1 Å². The van der Waals surface area contributed by atoms with E-state index in [2.05, 4.69) is 14.9 Å². The maximum absolute atomic E-state index is 12.0. The largest absolute Gasteiger partial charge is 0.494 e. The highest BCUT2D eigenvalue weighted by atomic mass is 35.5. The lowest BCUT2D eigenvalue weighted by Crippen LogP contribution is -2.28. The zero-order valence-electron chi connectivity index (χ0n) is 21.6. The van der Waals surface area contributed by atoms with Crippen LogP contribution in [0.5, 0.6) is 11.5 Å². The summed E-state index contributed by atoms with van der Waals surface area (Å²) in [5.74, 6) is 1.47. The molecule has 2 aromatic heterocycles. The molecule has 0 unspecified atom stereocenters. The highest BCUT2D eigenvalue weighted by Gasteiger charge is 2.24. The van der Waals surface area contributed by atoms with Gasteiger partial charge in [0.15, 0.2) is 0 Å². The van der Waals surface area contributed by atoms with Gasteiger partial charge in [-0.25, -0.2) is 9.97 Å². The quantitative estimate of drug-likeness (QED) is 0.237. The van der Waals surface area contributed by atoms with Gasteiger partial charge in [-0.2, -0.15) is 0 Å². The first-order valence-corrected chi connectivity index (χ1v) is 12.4. The van der Waals surface area contributed by atoms with Gasteiger partial charge in [0.1, 0.15) is 23.8 Å². The Morgan fingerprint density at radius 1 is 1.26 bits per heavy atom. The Morgan fingerprint density at radius 2 is 2.08 bits per heavy atom. The summed E-state index contributed by atoms with van der Waals surface area (Å²) in [6, 6.07) is 8.97. The van der Waals surface area contributed by atoms with Crippen molar-refractivity contribution in [1.82, 2.24) is 19.4 Å². The van der Waals surface area contributed by atoms with Crippen LogP contribution in [-0.2, 0) is 6.54 Å². The Hall–Kier alpha value is -4.09. The minimum absolute atomic E-state index is 0.0577. The average molecular weight is 538 g/mol. The van der Waals surface area contributed by atoms with E-state index in [9.17, 15) is 10.1 Å². The number of halogens is 1. The Labute approximate surface area is 224 Å². The van der Waals surface area contributed by atoms with Crippen LogP contribution in [0.25, 0.3) is 22.2 Å². The highest BCUT2D eigenvalue weighted by molar-refractivity contribution is 6.33. The van der Waals surface area contributed by atoms with Crippen molar-refractivity contribution in [3.8, 4) is 22.8 Å². The van der Waals surface area contributed by atoms with E-state index < -0.39 is 4.92 Å².